The first-order chi connectivity index (χ1) is 10.3. The third-order valence-corrected chi connectivity index (χ3v) is 3.66. The van der Waals surface area contributed by atoms with Crippen molar-refractivity contribution in [3.63, 3.8) is 0 Å². The maximum Gasteiger partial charge on any atom is 0.120 e. The SMILES string of the molecule is CCCCNCc1cccc(OCc2ccccc2Cl)c1. The van der Waals surface area contributed by atoms with Crippen LogP contribution in [-0.2, 0) is 13.2 Å². The molecule has 0 spiro atoms. The Balaban J connectivity index is 1.87. The minimum absolute atomic E-state index is 0.492. The van der Waals surface area contributed by atoms with Gasteiger partial charge in [-0.05, 0) is 36.7 Å². The maximum absolute atomic E-state index is 6.13. The average Bonchev–Trinajstić information content (AvgIpc) is 2.51. The van der Waals surface area contributed by atoms with Crippen molar-refractivity contribution in [2.45, 2.75) is 32.9 Å². The second-order valence-electron chi connectivity index (χ2n) is 5.06. The van der Waals surface area contributed by atoms with Crippen molar-refractivity contribution in [3.8, 4) is 5.75 Å². The molecule has 0 aliphatic rings. The summed E-state index contributed by atoms with van der Waals surface area (Å²) in [4.78, 5) is 0. The van der Waals surface area contributed by atoms with E-state index in [9.17, 15) is 0 Å². The molecule has 0 unspecified atom stereocenters. The summed E-state index contributed by atoms with van der Waals surface area (Å²) >= 11 is 6.13. The predicted octanol–water partition coefficient (Wildman–Crippen LogP) is 4.81. The van der Waals surface area contributed by atoms with Crippen molar-refractivity contribution < 1.29 is 4.74 Å². The van der Waals surface area contributed by atoms with Gasteiger partial charge in [0.15, 0.2) is 0 Å². The van der Waals surface area contributed by atoms with E-state index in [1.807, 2.05) is 36.4 Å². The number of rotatable bonds is 8. The summed E-state index contributed by atoms with van der Waals surface area (Å²) in [6.45, 7) is 4.63. The lowest BCUT2D eigenvalue weighted by Gasteiger charge is -2.10. The Morgan fingerprint density at radius 1 is 1.10 bits per heavy atom. The molecule has 3 heteroatoms. The van der Waals surface area contributed by atoms with Crippen LogP contribution in [-0.4, -0.2) is 6.54 Å². The van der Waals surface area contributed by atoms with E-state index < -0.39 is 0 Å². The number of halogens is 1. The Morgan fingerprint density at radius 2 is 1.95 bits per heavy atom. The van der Waals surface area contributed by atoms with Gasteiger partial charge in [-0.1, -0.05) is 55.3 Å². The van der Waals surface area contributed by atoms with Crippen molar-refractivity contribution in [3.05, 3.63) is 64.7 Å². The number of nitrogens with one attached hydrogen (secondary N) is 1. The van der Waals surface area contributed by atoms with Crippen LogP contribution in [0.15, 0.2) is 48.5 Å². The number of hydrogen-bond acceptors (Lipinski definition) is 2. The van der Waals surface area contributed by atoms with E-state index >= 15 is 0 Å². The fraction of sp³-hybridized carbons (Fsp3) is 0.333. The van der Waals surface area contributed by atoms with Crippen LogP contribution in [0.5, 0.6) is 5.75 Å². The van der Waals surface area contributed by atoms with Crippen LogP contribution >= 0.6 is 11.6 Å². The first-order valence-electron chi connectivity index (χ1n) is 7.45. The van der Waals surface area contributed by atoms with E-state index in [-0.39, 0.29) is 0 Å². The summed E-state index contributed by atoms with van der Waals surface area (Å²) in [7, 11) is 0. The molecule has 1 N–H and O–H groups in total. The van der Waals surface area contributed by atoms with Gasteiger partial charge in [0, 0.05) is 17.1 Å². The lowest BCUT2D eigenvalue weighted by Crippen LogP contribution is -2.14. The molecule has 0 fully saturated rings. The highest BCUT2D eigenvalue weighted by Gasteiger charge is 2.01. The van der Waals surface area contributed by atoms with Gasteiger partial charge in [-0.15, -0.1) is 0 Å². The standard InChI is InChI=1S/C18H22ClNO/c1-2-3-11-20-13-15-7-6-9-17(12-15)21-14-16-8-4-5-10-18(16)19/h4-10,12,20H,2-3,11,13-14H2,1H3. The first-order valence-corrected chi connectivity index (χ1v) is 7.83. The Labute approximate surface area is 132 Å². The van der Waals surface area contributed by atoms with Crippen LogP contribution in [0.25, 0.3) is 0 Å². The molecule has 0 aromatic heterocycles. The lowest BCUT2D eigenvalue weighted by molar-refractivity contribution is 0.306. The summed E-state index contributed by atoms with van der Waals surface area (Å²) in [6, 6.07) is 16.0. The van der Waals surface area contributed by atoms with Gasteiger partial charge in [0.1, 0.15) is 12.4 Å². The van der Waals surface area contributed by atoms with Gasteiger partial charge < -0.3 is 10.1 Å². The molecule has 0 aliphatic carbocycles. The van der Waals surface area contributed by atoms with Crippen molar-refractivity contribution in [1.29, 1.82) is 0 Å². The Kier molecular flexibility index (Phi) is 6.58. The minimum atomic E-state index is 0.492. The highest BCUT2D eigenvalue weighted by Crippen LogP contribution is 2.19. The maximum atomic E-state index is 6.13. The molecule has 112 valence electrons. The minimum Gasteiger partial charge on any atom is -0.489 e. The monoisotopic (exact) mass is 303 g/mol. The van der Waals surface area contributed by atoms with Crippen molar-refractivity contribution in [2.75, 3.05) is 6.54 Å². The molecule has 2 aromatic carbocycles. The van der Waals surface area contributed by atoms with Crippen LogP contribution in [0.2, 0.25) is 5.02 Å². The second-order valence-corrected chi connectivity index (χ2v) is 5.47. The lowest BCUT2D eigenvalue weighted by atomic mass is 10.2. The van der Waals surface area contributed by atoms with Gasteiger partial charge in [-0.25, -0.2) is 0 Å². The molecular formula is C18H22ClNO. The van der Waals surface area contributed by atoms with Crippen LogP contribution < -0.4 is 10.1 Å². The molecule has 21 heavy (non-hydrogen) atoms. The zero-order chi connectivity index (χ0) is 14.9. The Bertz CT molecular complexity index is 556. The van der Waals surface area contributed by atoms with Crippen molar-refractivity contribution in [2.24, 2.45) is 0 Å². The van der Waals surface area contributed by atoms with Gasteiger partial charge in [0.05, 0.1) is 0 Å². The molecule has 0 bridgehead atoms. The number of ether oxygens (including phenoxy) is 1. The zero-order valence-corrected chi connectivity index (χ0v) is 13.2. The van der Waals surface area contributed by atoms with Crippen LogP contribution in [0.4, 0.5) is 0 Å². The van der Waals surface area contributed by atoms with E-state index in [1.54, 1.807) is 0 Å². The molecule has 0 radical (unpaired) electrons. The van der Waals surface area contributed by atoms with E-state index in [0.717, 1.165) is 29.4 Å². The second kappa shape index (κ2) is 8.71. The summed E-state index contributed by atoms with van der Waals surface area (Å²) in [5.74, 6) is 0.879. The fourth-order valence-electron chi connectivity index (χ4n) is 2.06. The molecule has 0 heterocycles. The molecule has 0 saturated heterocycles. The van der Waals surface area contributed by atoms with Crippen LogP contribution in [0, 0.1) is 0 Å². The van der Waals surface area contributed by atoms with Gasteiger partial charge in [-0.2, -0.15) is 0 Å². The van der Waals surface area contributed by atoms with Gasteiger partial charge in [0.25, 0.3) is 0 Å². The molecule has 2 rings (SSSR count). The number of benzene rings is 2. The van der Waals surface area contributed by atoms with Gasteiger partial charge in [-0.3, -0.25) is 0 Å². The van der Waals surface area contributed by atoms with E-state index in [0.29, 0.717) is 6.61 Å². The van der Waals surface area contributed by atoms with E-state index in [4.69, 9.17) is 16.3 Å². The summed E-state index contributed by atoms with van der Waals surface area (Å²) in [5, 5.41) is 4.18. The Hall–Kier alpha value is -1.51. The molecule has 0 saturated carbocycles. The molecule has 0 amide bonds. The quantitative estimate of drug-likeness (QED) is 0.707. The van der Waals surface area contributed by atoms with Crippen LogP contribution in [0.3, 0.4) is 0 Å². The molecule has 0 atom stereocenters. The van der Waals surface area contributed by atoms with Crippen LogP contribution in [0.1, 0.15) is 30.9 Å². The third-order valence-electron chi connectivity index (χ3n) is 3.29. The normalized spacial score (nSPS) is 10.6. The third kappa shape index (κ3) is 5.41. The molecule has 2 aromatic rings. The summed E-state index contributed by atoms with van der Waals surface area (Å²) in [6.07, 6.45) is 2.43. The highest BCUT2D eigenvalue weighted by molar-refractivity contribution is 6.31. The predicted molar refractivity (Wildman–Crippen MR) is 88.8 cm³/mol. The molecular weight excluding hydrogens is 282 g/mol. The number of hydrogen-bond donors (Lipinski definition) is 1. The fourth-order valence-corrected chi connectivity index (χ4v) is 2.25. The first kappa shape index (κ1) is 15.9. The molecule has 0 aliphatic heterocycles. The Morgan fingerprint density at radius 3 is 2.76 bits per heavy atom. The average molecular weight is 304 g/mol. The summed E-state index contributed by atoms with van der Waals surface area (Å²) < 4.78 is 5.83. The highest BCUT2D eigenvalue weighted by atomic mass is 35.5. The smallest absolute Gasteiger partial charge is 0.120 e. The largest absolute Gasteiger partial charge is 0.489 e. The van der Waals surface area contributed by atoms with Crippen molar-refractivity contribution >= 4 is 11.6 Å². The van der Waals surface area contributed by atoms with E-state index in [2.05, 4.69) is 24.4 Å². The zero-order valence-electron chi connectivity index (χ0n) is 12.4. The summed E-state index contributed by atoms with van der Waals surface area (Å²) in [5.41, 5.74) is 2.24. The van der Waals surface area contributed by atoms with E-state index in [1.165, 1.54) is 18.4 Å². The van der Waals surface area contributed by atoms with Gasteiger partial charge in [0.2, 0.25) is 0 Å². The number of unbranched alkanes of at least 4 members (excludes halogenated alkanes) is 1. The van der Waals surface area contributed by atoms with Gasteiger partial charge >= 0.3 is 0 Å². The molecule has 2 nitrogen and oxygen atoms in total. The van der Waals surface area contributed by atoms with Crippen molar-refractivity contribution in [1.82, 2.24) is 5.32 Å². The topological polar surface area (TPSA) is 21.3 Å².